The summed E-state index contributed by atoms with van der Waals surface area (Å²) in [5.41, 5.74) is 0.572. The van der Waals surface area contributed by atoms with Gasteiger partial charge in [0.25, 0.3) is 0 Å². The van der Waals surface area contributed by atoms with Gasteiger partial charge in [-0.3, -0.25) is 4.79 Å². The Hall–Kier alpha value is -1.87. The van der Waals surface area contributed by atoms with Gasteiger partial charge < -0.3 is 4.74 Å². The molecule has 1 aromatic carbocycles. The minimum Gasteiger partial charge on any atom is -0.497 e. The van der Waals surface area contributed by atoms with Crippen LogP contribution in [0.5, 0.6) is 5.75 Å². The molecule has 1 aliphatic rings. The second-order valence-corrected chi connectivity index (χ2v) is 7.07. The smallest absolute Gasteiger partial charge is 0.158 e. The Labute approximate surface area is 118 Å². The zero-order valence-electron chi connectivity index (χ0n) is 11.1. The number of methoxy groups -OCH3 is 1. The summed E-state index contributed by atoms with van der Waals surface area (Å²) in [6.07, 6.45) is 0.315. The summed E-state index contributed by atoms with van der Waals surface area (Å²) in [6, 6.07) is 8.65. The van der Waals surface area contributed by atoms with Gasteiger partial charge in [-0.15, -0.1) is 0 Å². The molecular weight excluding hydrogens is 278 g/mol. The van der Waals surface area contributed by atoms with Crippen LogP contribution in [0.4, 0.5) is 0 Å². The molecule has 1 saturated heterocycles. The molecule has 0 radical (unpaired) electrons. The van der Waals surface area contributed by atoms with Crippen LogP contribution in [0.2, 0.25) is 0 Å². The molecule has 5 nitrogen and oxygen atoms in total. The summed E-state index contributed by atoms with van der Waals surface area (Å²) in [5.74, 6) is -1.25. The van der Waals surface area contributed by atoms with Crippen LogP contribution < -0.4 is 4.74 Å². The lowest BCUT2D eigenvalue weighted by atomic mass is 9.88. The molecule has 20 heavy (non-hydrogen) atoms. The number of rotatable bonds is 4. The van der Waals surface area contributed by atoms with Crippen molar-refractivity contribution >= 4 is 15.6 Å². The van der Waals surface area contributed by atoms with Gasteiger partial charge in [-0.25, -0.2) is 8.42 Å². The Kier molecular flexibility index (Phi) is 4.09. The maximum absolute atomic E-state index is 12.3. The Morgan fingerprint density at radius 2 is 2.05 bits per heavy atom. The summed E-state index contributed by atoms with van der Waals surface area (Å²) < 4.78 is 27.9. The highest BCUT2D eigenvalue weighted by atomic mass is 32.2. The fourth-order valence-electron chi connectivity index (χ4n) is 2.35. The van der Waals surface area contributed by atoms with E-state index in [0.29, 0.717) is 17.7 Å². The third-order valence-electron chi connectivity index (χ3n) is 3.50. The van der Waals surface area contributed by atoms with Crippen molar-refractivity contribution in [3.63, 3.8) is 0 Å². The molecule has 106 valence electrons. The highest BCUT2D eigenvalue weighted by Gasteiger charge is 2.36. The topological polar surface area (TPSA) is 84.2 Å². The Morgan fingerprint density at radius 3 is 2.50 bits per heavy atom. The van der Waals surface area contributed by atoms with E-state index in [1.165, 1.54) is 7.11 Å². The fraction of sp³-hybridized carbons (Fsp3) is 0.429. The van der Waals surface area contributed by atoms with Gasteiger partial charge in [-0.1, -0.05) is 12.1 Å². The van der Waals surface area contributed by atoms with Crippen molar-refractivity contribution in [1.29, 1.82) is 5.26 Å². The van der Waals surface area contributed by atoms with Crippen LogP contribution in [0.1, 0.15) is 17.9 Å². The normalized spacial score (nSPS) is 21.9. The van der Waals surface area contributed by atoms with Gasteiger partial charge >= 0.3 is 0 Å². The van der Waals surface area contributed by atoms with Crippen molar-refractivity contribution in [2.45, 2.75) is 12.3 Å². The number of nitrogens with zero attached hydrogens (tertiary/aromatic N) is 1. The first-order valence-electron chi connectivity index (χ1n) is 6.24. The summed E-state index contributed by atoms with van der Waals surface area (Å²) in [5, 5.41) is 9.22. The lowest BCUT2D eigenvalue weighted by molar-refractivity contribution is -0.122. The third-order valence-corrected chi connectivity index (χ3v) is 5.27. The van der Waals surface area contributed by atoms with Gasteiger partial charge in [-0.2, -0.15) is 5.26 Å². The van der Waals surface area contributed by atoms with Crippen LogP contribution in [-0.4, -0.2) is 32.8 Å². The molecule has 1 heterocycles. The van der Waals surface area contributed by atoms with Crippen LogP contribution in [0.25, 0.3) is 0 Å². The fourth-order valence-corrected chi connectivity index (χ4v) is 4.11. The maximum Gasteiger partial charge on any atom is 0.158 e. The molecule has 0 N–H and O–H groups in total. The number of nitriles is 1. The van der Waals surface area contributed by atoms with Crippen molar-refractivity contribution in [2.24, 2.45) is 5.92 Å². The van der Waals surface area contributed by atoms with E-state index in [4.69, 9.17) is 4.74 Å². The van der Waals surface area contributed by atoms with Gasteiger partial charge in [0, 0.05) is 5.92 Å². The van der Waals surface area contributed by atoms with Crippen molar-refractivity contribution < 1.29 is 17.9 Å². The zero-order chi connectivity index (χ0) is 14.8. The van der Waals surface area contributed by atoms with E-state index in [9.17, 15) is 18.5 Å². The number of ketones is 1. The molecule has 1 aromatic rings. The van der Waals surface area contributed by atoms with E-state index >= 15 is 0 Å². The maximum atomic E-state index is 12.3. The highest BCUT2D eigenvalue weighted by molar-refractivity contribution is 7.91. The third kappa shape index (κ3) is 2.99. The number of hydrogen-bond donors (Lipinski definition) is 0. The molecular formula is C14H15NO4S. The number of carbonyl (C=O) groups excluding carboxylic acids is 1. The molecule has 1 fully saturated rings. The molecule has 2 rings (SSSR count). The quantitative estimate of drug-likeness (QED) is 0.835. The van der Waals surface area contributed by atoms with Gasteiger partial charge in [-0.05, 0) is 24.1 Å². The van der Waals surface area contributed by atoms with E-state index in [2.05, 4.69) is 0 Å². The van der Waals surface area contributed by atoms with Crippen molar-refractivity contribution in [3.8, 4) is 11.8 Å². The average Bonchev–Trinajstić information content (AvgIpc) is 2.80. The van der Waals surface area contributed by atoms with Crippen LogP contribution in [-0.2, 0) is 14.6 Å². The second kappa shape index (κ2) is 5.63. The largest absolute Gasteiger partial charge is 0.497 e. The van der Waals surface area contributed by atoms with Crippen LogP contribution in [0.3, 0.4) is 0 Å². The van der Waals surface area contributed by atoms with Crippen LogP contribution in [0, 0.1) is 17.2 Å². The molecule has 0 saturated carbocycles. The minimum absolute atomic E-state index is 0.0319. The van der Waals surface area contributed by atoms with E-state index in [1.54, 1.807) is 24.3 Å². The summed E-state index contributed by atoms with van der Waals surface area (Å²) >= 11 is 0. The van der Waals surface area contributed by atoms with Gasteiger partial charge in [0.05, 0.1) is 24.7 Å². The predicted molar refractivity (Wildman–Crippen MR) is 73.1 cm³/mol. The molecule has 6 heteroatoms. The van der Waals surface area contributed by atoms with Gasteiger partial charge in [0.15, 0.2) is 15.6 Å². The van der Waals surface area contributed by atoms with Crippen molar-refractivity contribution in [2.75, 3.05) is 18.6 Å². The summed E-state index contributed by atoms with van der Waals surface area (Å²) in [7, 11) is -1.59. The monoisotopic (exact) mass is 293 g/mol. The summed E-state index contributed by atoms with van der Waals surface area (Å²) in [6.45, 7) is 0. The Balaban J connectivity index is 2.20. The van der Waals surface area contributed by atoms with Gasteiger partial charge in [0.1, 0.15) is 11.7 Å². The molecule has 0 bridgehead atoms. The van der Waals surface area contributed by atoms with E-state index in [0.717, 1.165) is 0 Å². The first-order valence-corrected chi connectivity index (χ1v) is 8.06. The molecule has 0 aliphatic carbocycles. The first kappa shape index (κ1) is 14.5. The first-order chi connectivity index (χ1) is 9.46. The minimum atomic E-state index is -3.13. The van der Waals surface area contributed by atoms with Crippen LogP contribution in [0.15, 0.2) is 24.3 Å². The second-order valence-electron chi connectivity index (χ2n) is 4.84. The Bertz CT molecular complexity index is 643. The highest BCUT2D eigenvalue weighted by Crippen LogP contribution is 2.28. The Morgan fingerprint density at radius 1 is 1.40 bits per heavy atom. The van der Waals surface area contributed by atoms with E-state index < -0.39 is 21.7 Å². The number of ether oxygens (including phenoxy) is 1. The van der Waals surface area contributed by atoms with E-state index in [-0.39, 0.29) is 17.3 Å². The lowest BCUT2D eigenvalue weighted by Gasteiger charge is -2.13. The number of carbonyl (C=O) groups is 1. The molecule has 0 spiro atoms. The number of sulfone groups is 1. The standard InChI is InChI=1S/C14H15NO4S/c1-19-12-4-2-10(3-5-12)13(8-15)14(16)11-6-7-20(17,18)9-11/h2-5,11,13H,6-7,9H2,1H3. The zero-order valence-corrected chi connectivity index (χ0v) is 11.9. The number of benzene rings is 1. The lowest BCUT2D eigenvalue weighted by Crippen LogP contribution is -2.22. The SMILES string of the molecule is COc1ccc(C(C#N)C(=O)C2CCS(=O)(=O)C2)cc1. The molecule has 1 aliphatic heterocycles. The predicted octanol–water partition coefficient (Wildman–Crippen LogP) is 1.31. The number of hydrogen-bond acceptors (Lipinski definition) is 5. The number of Topliss-reactive ketones (excluding diaryl/α,β-unsaturated/α-hetero) is 1. The van der Waals surface area contributed by atoms with Crippen LogP contribution >= 0.6 is 0 Å². The van der Waals surface area contributed by atoms with E-state index in [1.807, 2.05) is 6.07 Å². The molecule has 0 aromatic heterocycles. The summed E-state index contributed by atoms with van der Waals surface area (Å²) in [4.78, 5) is 12.3. The molecule has 2 atom stereocenters. The average molecular weight is 293 g/mol. The van der Waals surface area contributed by atoms with Crippen molar-refractivity contribution in [3.05, 3.63) is 29.8 Å². The van der Waals surface area contributed by atoms with Crippen molar-refractivity contribution in [1.82, 2.24) is 0 Å². The molecule has 0 amide bonds. The van der Waals surface area contributed by atoms with Gasteiger partial charge in [0.2, 0.25) is 0 Å². The molecule has 2 unspecified atom stereocenters.